The molecule has 0 aliphatic carbocycles. The molecule has 1 atom stereocenters. The van der Waals surface area contributed by atoms with Gasteiger partial charge in [-0.2, -0.15) is 0 Å². The molecule has 5 nitrogen and oxygen atoms in total. The van der Waals surface area contributed by atoms with Crippen LogP contribution < -0.4 is 11.1 Å². The molecule has 0 bridgehead atoms. The van der Waals surface area contributed by atoms with Crippen LogP contribution >= 0.6 is 0 Å². The van der Waals surface area contributed by atoms with E-state index in [2.05, 4.69) is 10.3 Å². The molecule has 1 aromatic heterocycles. The van der Waals surface area contributed by atoms with E-state index in [0.29, 0.717) is 25.6 Å². The Morgan fingerprint density at radius 1 is 1.41 bits per heavy atom. The maximum Gasteiger partial charge on any atom is 0.128 e. The first-order valence-electron chi connectivity index (χ1n) is 5.74. The van der Waals surface area contributed by atoms with Gasteiger partial charge in [0.1, 0.15) is 5.82 Å². The number of nitrogens with two attached hydrogens (primary N) is 1. The zero-order valence-electron chi connectivity index (χ0n) is 10.5. The van der Waals surface area contributed by atoms with Crippen LogP contribution in [0.4, 0.5) is 5.82 Å². The number of nitrogens with zero attached hydrogens (tertiary/aromatic N) is 1. The van der Waals surface area contributed by atoms with Crippen molar-refractivity contribution in [3.8, 4) is 0 Å². The smallest absolute Gasteiger partial charge is 0.128 e. The minimum Gasteiger partial charge on any atom is -0.383 e. The highest BCUT2D eigenvalue weighted by molar-refractivity contribution is 5.40. The van der Waals surface area contributed by atoms with Gasteiger partial charge < -0.3 is 20.5 Å². The Labute approximate surface area is 102 Å². The molecule has 0 fully saturated rings. The molecule has 1 heterocycles. The summed E-state index contributed by atoms with van der Waals surface area (Å²) in [5.74, 6) is 0.573. The highest BCUT2D eigenvalue weighted by atomic mass is 16.5. The third-order valence-electron chi connectivity index (χ3n) is 2.58. The highest BCUT2D eigenvalue weighted by Crippen LogP contribution is 2.20. The molecule has 0 aliphatic heterocycles. The van der Waals surface area contributed by atoms with Crippen LogP contribution in [0.1, 0.15) is 18.0 Å². The van der Waals surface area contributed by atoms with Crippen molar-refractivity contribution in [2.24, 2.45) is 0 Å². The molecule has 96 valence electrons. The summed E-state index contributed by atoms with van der Waals surface area (Å²) in [5, 5.41) is 3.22. The fraction of sp³-hybridized carbons (Fsp3) is 0.583. The first kappa shape index (κ1) is 13.9. The molecule has 0 aliphatic rings. The summed E-state index contributed by atoms with van der Waals surface area (Å²) < 4.78 is 10.3. The van der Waals surface area contributed by atoms with Crippen LogP contribution in [0.25, 0.3) is 0 Å². The summed E-state index contributed by atoms with van der Waals surface area (Å²) in [6.45, 7) is 1.91. The number of rotatable bonds is 8. The molecule has 1 aromatic rings. The maximum absolute atomic E-state index is 5.84. The molecule has 1 rings (SSSR count). The Hall–Kier alpha value is -1.17. The van der Waals surface area contributed by atoms with Crippen molar-refractivity contribution in [3.63, 3.8) is 0 Å². The number of pyridine rings is 1. The van der Waals surface area contributed by atoms with Crippen molar-refractivity contribution in [1.29, 1.82) is 0 Å². The average molecular weight is 239 g/mol. The summed E-state index contributed by atoms with van der Waals surface area (Å²) in [6, 6.07) is 4.05. The van der Waals surface area contributed by atoms with Gasteiger partial charge in [0, 0.05) is 31.5 Å². The Balaban J connectivity index is 2.41. The van der Waals surface area contributed by atoms with Gasteiger partial charge in [0.2, 0.25) is 0 Å². The van der Waals surface area contributed by atoms with Crippen LogP contribution in [0.2, 0.25) is 0 Å². The lowest BCUT2D eigenvalue weighted by atomic mass is 10.1. The van der Waals surface area contributed by atoms with E-state index in [1.807, 2.05) is 19.2 Å². The van der Waals surface area contributed by atoms with E-state index in [1.165, 1.54) is 0 Å². The maximum atomic E-state index is 5.84. The number of ether oxygens (including phenoxy) is 2. The van der Waals surface area contributed by atoms with Gasteiger partial charge in [-0.3, -0.25) is 0 Å². The van der Waals surface area contributed by atoms with Crippen LogP contribution in [0, 0.1) is 0 Å². The highest BCUT2D eigenvalue weighted by Gasteiger charge is 2.12. The Morgan fingerprint density at radius 2 is 2.24 bits per heavy atom. The SMILES string of the molecule is CNC(CCOCCOC)c1cccnc1N. The lowest BCUT2D eigenvalue weighted by Gasteiger charge is -2.17. The lowest BCUT2D eigenvalue weighted by molar-refractivity contribution is 0.0661. The largest absolute Gasteiger partial charge is 0.383 e. The molecule has 3 N–H and O–H groups in total. The van der Waals surface area contributed by atoms with E-state index < -0.39 is 0 Å². The molecule has 0 saturated carbocycles. The molecule has 0 amide bonds. The molecular weight excluding hydrogens is 218 g/mol. The van der Waals surface area contributed by atoms with Crippen LogP contribution in [0.5, 0.6) is 0 Å². The molecule has 0 spiro atoms. The van der Waals surface area contributed by atoms with Crippen molar-refractivity contribution in [3.05, 3.63) is 23.9 Å². The van der Waals surface area contributed by atoms with Gasteiger partial charge in [-0.1, -0.05) is 6.07 Å². The van der Waals surface area contributed by atoms with E-state index >= 15 is 0 Å². The molecular formula is C12H21N3O2. The number of aromatic nitrogens is 1. The van der Waals surface area contributed by atoms with E-state index in [9.17, 15) is 0 Å². The molecule has 5 heteroatoms. The van der Waals surface area contributed by atoms with Gasteiger partial charge in [0.15, 0.2) is 0 Å². The van der Waals surface area contributed by atoms with Gasteiger partial charge in [-0.15, -0.1) is 0 Å². The number of nitrogens with one attached hydrogen (secondary N) is 1. The number of nitrogen functional groups attached to an aromatic ring is 1. The Bertz CT molecular complexity index is 320. The third kappa shape index (κ3) is 4.68. The second-order valence-corrected chi connectivity index (χ2v) is 3.71. The van der Waals surface area contributed by atoms with Gasteiger partial charge in [0.25, 0.3) is 0 Å². The number of hydrogen-bond donors (Lipinski definition) is 2. The molecule has 1 unspecified atom stereocenters. The average Bonchev–Trinajstić information content (AvgIpc) is 2.35. The van der Waals surface area contributed by atoms with E-state index in [-0.39, 0.29) is 6.04 Å². The molecule has 0 radical (unpaired) electrons. The van der Waals surface area contributed by atoms with Crippen LogP contribution in [-0.2, 0) is 9.47 Å². The second kappa shape index (κ2) is 8.00. The Morgan fingerprint density at radius 3 is 2.88 bits per heavy atom. The number of anilines is 1. The number of hydrogen-bond acceptors (Lipinski definition) is 5. The van der Waals surface area contributed by atoms with Crippen molar-refractivity contribution < 1.29 is 9.47 Å². The van der Waals surface area contributed by atoms with Crippen molar-refractivity contribution in [2.75, 3.05) is 39.7 Å². The molecule has 0 saturated heterocycles. The van der Waals surface area contributed by atoms with Crippen molar-refractivity contribution in [2.45, 2.75) is 12.5 Å². The monoisotopic (exact) mass is 239 g/mol. The standard InChI is InChI=1S/C12H21N3O2/c1-14-11(5-7-17-9-8-16-2)10-4-3-6-15-12(10)13/h3-4,6,11,14H,5,7-9H2,1-2H3,(H2,13,15). The van der Waals surface area contributed by atoms with Crippen molar-refractivity contribution >= 4 is 5.82 Å². The van der Waals surface area contributed by atoms with Gasteiger partial charge in [-0.25, -0.2) is 4.98 Å². The quantitative estimate of drug-likeness (QED) is 0.662. The summed E-state index contributed by atoms with van der Waals surface area (Å²) >= 11 is 0. The van der Waals surface area contributed by atoms with Crippen LogP contribution in [-0.4, -0.2) is 39.0 Å². The zero-order valence-corrected chi connectivity index (χ0v) is 10.5. The predicted molar refractivity (Wildman–Crippen MR) is 67.8 cm³/mol. The summed E-state index contributed by atoms with van der Waals surface area (Å²) in [4.78, 5) is 4.08. The van der Waals surface area contributed by atoms with Crippen LogP contribution in [0.3, 0.4) is 0 Å². The second-order valence-electron chi connectivity index (χ2n) is 3.71. The van der Waals surface area contributed by atoms with Gasteiger partial charge in [0.05, 0.1) is 13.2 Å². The van der Waals surface area contributed by atoms with Gasteiger partial charge >= 0.3 is 0 Å². The summed E-state index contributed by atoms with van der Waals surface area (Å²) in [5.41, 5.74) is 6.86. The number of methoxy groups -OCH3 is 1. The predicted octanol–water partition coefficient (Wildman–Crippen LogP) is 0.977. The third-order valence-corrected chi connectivity index (χ3v) is 2.58. The fourth-order valence-corrected chi connectivity index (χ4v) is 1.63. The summed E-state index contributed by atoms with van der Waals surface area (Å²) in [7, 11) is 3.57. The zero-order chi connectivity index (χ0) is 12.5. The first-order valence-corrected chi connectivity index (χ1v) is 5.74. The topological polar surface area (TPSA) is 69.4 Å². The minimum atomic E-state index is 0.172. The molecule has 0 aromatic carbocycles. The van der Waals surface area contributed by atoms with Gasteiger partial charge in [-0.05, 0) is 19.5 Å². The van der Waals surface area contributed by atoms with E-state index in [4.69, 9.17) is 15.2 Å². The fourth-order valence-electron chi connectivity index (χ4n) is 1.63. The Kier molecular flexibility index (Phi) is 6.54. The normalized spacial score (nSPS) is 12.6. The molecule has 17 heavy (non-hydrogen) atoms. The van der Waals surface area contributed by atoms with E-state index in [1.54, 1.807) is 13.3 Å². The van der Waals surface area contributed by atoms with Crippen LogP contribution in [0.15, 0.2) is 18.3 Å². The summed E-state index contributed by atoms with van der Waals surface area (Å²) in [6.07, 6.45) is 2.55. The van der Waals surface area contributed by atoms with Crippen molar-refractivity contribution in [1.82, 2.24) is 10.3 Å². The van der Waals surface area contributed by atoms with E-state index in [0.717, 1.165) is 12.0 Å². The lowest BCUT2D eigenvalue weighted by Crippen LogP contribution is -2.20. The first-order chi connectivity index (χ1) is 8.29. The minimum absolute atomic E-state index is 0.172.